The first-order chi connectivity index (χ1) is 10.7. The summed E-state index contributed by atoms with van der Waals surface area (Å²) in [5.41, 5.74) is 2.41. The minimum absolute atomic E-state index is 0.0380. The third kappa shape index (κ3) is 2.95. The molecule has 0 N–H and O–H groups in total. The van der Waals surface area contributed by atoms with Crippen molar-refractivity contribution in [3.63, 3.8) is 0 Å². The minimum Gasteiger partial charge on any atom is -0.378 e. The van der Waals surface area contributed by atoms with Gasteiger partial charge in [0.05, 0.1) is 24.5 Å². The zero-order valence-electron chi connectivity index (χ0n) is 13.5. The van der Waals surface area contributed by atoms with Gasteiger partial charge in [0.1, 0.15) is 5.82 Å². The Morgan fingerprint density at radius 2 is 2.27 bits per heavy atom. The molecular formula is C17H25N3O2. The fourth-order valence-corrected chi connectivity index (χ4v) is 3.52. The Kier molecular flexibility index (Phi) is 4.62. The Labute approximate surface area is 132 Å². The summed E-state index contributed by atoms with van der Waals surface area (Å²) in [5.74, 6) is 1.22. The first kappa shape index (κ1) is 15.3. The first-order valence-corrected chi connectivity index (χ1v) is 8.21. The van der Waals surface area contributed by atoms with Gasteiger partial charge in [-0.05, 0) is 32.6 Å². The molecule has 0 aromatic carbocycles. The predicted molar refractivity (Wildman–Crippen MR) is 84.2 cm³/mol. The molecule has 3 rings (SSSR count). The average molecular weight is 303 g/mol. The highest BCUT2D eigenvalue weighted by atomic mass is 16.5. The second kappa shape index (κ2) is 6.65. The molecule has 1 aromatic rings. The van der Waals surface area contributed by atoms with Gasteiger partial charge in [0.15, 0.2) is 0 Å². The van der Waals surface area contributed by atoms with Crippen LogP contribution >= 0.6 is 0 Å². The summed E-state index contributed by atoms with van der Waals surface area (Å²) in [5, 5.41) is 0. The van der Waals surface area contributed by atoms with E-state index in [-0.39, 0.29) is 11.9 Å². The molecule has 22 heavy (non-hydrogen) atoms. The largest absolute Gasteiger partial charge is 0.378 e. The monoisotopic (exact) mass is 303 g/mol. The zero-order valence-corrected chi connectivity index (χ0v) is 13.5. The van der Waals surface area contributed by atoms with Crippen molar-refractivity contribution in [2.75, 3.05) is 13.7 Å². The molecule has 0 bridgehead atoms. The number of ether oxygens (including phenoxy) is 1. The standard InChI is InChI=1S/C17H25N3O2/c1-13-17-18-11-15(12-22-2)20(17)9-8-19(13)16(21)10-14-6-4-3-5-7-14/h6,11,13H,3-5,7-10,12H2,1-2H3. The Hall–Kier alpha value is -1.62. The summed E-state index contributed by atoms with van der Waals surface area (Å²) in [7, 11) is 1.69. The maximum atomic E-state index is 12.6. The number of hydrogen-bond acceptors (Lipinski definition) is 3. The lowest BCUT2D eigenvalue weighted by Crippen LogP contribution is -2.41. The van der Waals surface area contributed by atoms with Crippen LogP contribution in [0.25, 0.3) is 0 Å². The number of imidazole rings is 1. The Morgan fingerprint density at radius 1 is 1.41 bits per heavy atom. The van der Waals surface area contributed by atoms with Crippen molar-refractivity contribution in [3.8, 4) is 0 Å². The number of allylic oxidation sites excluding steroid dienone is 1. The third-order valence-corrected chi connectivity index (χ3v) is 4.75. The lowest BCUT2D eigenvalue weighted by Gasteiger charge is -2.35. The normalized spacial score (nSPS) is 21.5. The molecule has 1 atom stereocenters. The quantitative estimate of drug-likeness (QED) is 0.804. The van der Waals surface area contributed by atoms with Crippen molar-refractivity contribution in [3.05, 3.63) is 29.4 Å². The number of methoxy groups -OCH3 is 1. The van der Waals surface area contributed by atoms with E-state index in [0.29, 0.717) is 13.0 Å². The van der Waals surface area contributed by atoms with Crippen LogP contribution in [0.2, 0.25) is 0 Å². The lowest BCUT2D eigenvalue weighted by molar-refractivity contribution is -0.133. The van der Waals surface area contributed by atoms with Gasteiger partial charge < -0.3 is 14.2 Å². The average Bonchev–Trinajstić information content (AvgIpc) is 2.93. The topological polar surface area (TPSA) is 47.4 Å². The Balaban J connectivity index is 1.70. The summed E-state index contributed by atoms with van der Waals surface area (Å²) >= 11 is 0. The molecule has 0 saturated heterocycles. The molecule has 1 aliphatic carbocycles. The molecule has 1 aromatic heterocycles. The number of rotatable bonds is 4. The van der Waals surface area contributed by atoms with Gasteiger partial charge in [-0.2, -0.15) is 0 Å². The highest BCUT2D eigenvalue weighted by molar-refractivity contribution is 5.79. The van der Waals surface area contributed by atoms with Gasteiger partial charge in [-0.1, -0.05) is 11.6 Å². The van der Waals surface area contributed by atoms with Gasteiger partial charge in [0.2, 0.25) is 5.91 Å². The summed E-state index contributed by atoms with van der Waals surface area (Å²) in [6.07, 6.45) is 9.40. The fraction of sp³-hybridized carbons (Fsp3) is 0.647. The van der Waals surface area contributed by atoms with Crippen LogP contribution in [0.5, 0.6) is 0 Å². The summed E-state index contributed by atoms with van der Waals surface area (Å²) in [6.45, 7) is 4.21. The molecule has 5 nitrogen and oxygen atoms in total. The van der Waals surface area contributed by atoms with E-state index < -0.39 is 0 Å². The SMILES string of the molecule is COCc1cnc2n1CCN(C(=O)CC1=CCCCC1)C2C. The molecule has 0 saturated carbocycles. The van der Waals surface area contributed by atoms with Gasteiger partial charge in [0.25, 0.3) is 0 Å². The molecule has 0 radical (unpaired) electrons. The smallest absolute Gasteiger partial charge is 0.227 e. The van der Waals surface area contributed by atoms with E-state index in [9.17, 15) is 4.79 Å². The zero-order chi connectivity index (χ0) is 15.5. The van der Waals surface area contributed by atoms with Crippen LogP contribution in [-0.4, -0.2) is 34.0 Å². The number of carbonyl (C=O) groups excluding carboxylic acids is 1. The van der Waals surface area contributed by atoms with Gasteiger partial charge >= 0.3 is 0 Å². The highest BCUT2D eigenvalue weighted by Crippen LogP contribution is 2.28. The van der Waals surface area contributed by atoms with E-state index in [2.05, 4.69) is 22.6 Å². The second-order valence-electron chi connectivity index (χ2n) is 6.24. The molecule has 0 spiro atoms. The number of fused-ring (bicyclic) bond motifs is 1. The van der Waals surface area contributed by atoms with Crippen molar-refractivity contribution in [1.29, 1.82) is 0 Å². The van der Waals surface area contributed by atoms with Crippen LogP contribution < -0.4 is 0 Å². The van der Waals surface area contributed by atoms with E-state index in [1.807, 2.05) is 11.1 Å². The van der Waals surface area contributed by atoms with E-state index in [1.54, 1.807) is 7.11 Å². The molecule has 1 unspecified atom stereocenters. The molecule has 120 valence electrons. The van der Waals surface area contributed by atoms with Gasteiger partial charge in [-0.25, -0.2) is 4.98 Å². The summed E-state index contributed by atoms with van der Waals surface area (Å²) < 4.78 is 7.41. The Morgan fingerprint density at radius 3 is 3.00 bits per heavy atom. The van der Waals surface area contributed by atoms with Crippen LogP contribution in [0.15, 0.2) is 17.8 Å². The molecule has 2 aliphatic rings. The van der Waals surface area contributed by atoms with Crippen molar-refractivity contribution < 1.29 is 9.53 Å². The molecular weight excluding hydrogens is 278 g/mol. The number of nitrogens with zero attached hydrogens (tertiary/aromatic N) is 3. The Bertz CT molecular complexity index is 576. The second-order valence-corrected chi connectivity index (χ2v) is 6.24. The number of aromatic nitrogens is 2. The number of amides is 1. The van der Waals surface area contributed by atoms with Gasteiger partial charge in [-0.15, -0.1) is 0 Å². The molecule has 0 fully saturated rings. The van der Waals surface area contributed by atoms with Crippen molar-refractivity contribution in [2.24, 2.45) is 0 Å². The molecule has 2 heterocycles. The van der Waals surface area contributed by atoms with E-state index >= 15 is 0 Å². The van der Waals surface area contributed by atoms with Crippen LogP contribution in [0, 0.1) is 0 Å². The summed E-state index contributed by atoms with van der Waals surface area (Å²) in [4.78, 5) is 19.1. The van der Waals surface area contributed by atoms with Crippen LogP contribution in [-0.2, 0) is 22.7 Å². The van der Waals surface area contributed by atoms with Gasteiger partial charge in [-0.3, -0.25) is 4.79 Å². The molecule has 1 amide bonds. The minimum atomic E-state index is 0.0380. The molecule has 5 heteroatoms. The maximum absolute atomic E-state index is 12.6. The van der Waals surface area contributed by atoms with Crippen LogP contribution in [0.1, 0.15) is 56.6 Å². The fourth-order valence-electron chi connectivity index (χ4n) is 3.52. The van der Waals surface area contributed by atoms with E-state index in [1.165, 1.54) is 18.4 Å². The van der Waals surface area contributed by atoms with E-state index in [4.69, 9.17) is 4.74 Å². The van der Waals surface area contributed by atoms with Crippen LogP contribution in [0.3, 0.4) is 0 Å². The number of hydrogen-bond donors (Lipinski definition) is 0. The third-order valence-electron chi connectivity index (χ3n) is 4.75. The predicted octanol–water partition coefficient (Wildman–Crippen LogP) is 2.82. The molecule has 1 aliphatic heterocycles. The van der Waals surface area contributed by atoms with Crippen molar-refractivity contribution in [1.82, 2.24) is 14.5 Å². The van der Waals surface area contributed by atoms with Gasteiger partial charge in [0, 0.05) is 26.6 Å². The first-order valence-electron chi connectivity index (χ1n) is 8.21. The van der Waals surface area contributed by atoms with Crippen molar-refractivity contribution >= 4 is 5.91 Å². The lowest BCUT2D eigenvalue weighted by atomic mass is 9.96. The highest BCUT2D eigenvalue weighted by Gasteiger charge is 2.30. The van der Waals surface area contributed by atoms with E-state index in [0.717, 1.165) is 37.4 Å². The summed E-state index contributed by atoms with van der Waals surface area (Å²) in [6, 6.07) is 0.0380. The number of carbonyl (C=O) groups is 1. The maximum Gasteiger partial charge on any atom is 0.227 e. The van der Waals surface area contributed by atoms with Crippen LogP contribution in [0.4, 0.5) is 0 Å². The van der Waals surface area contributed by atoms with Crippen molar-refractivity contribution in [2.45, 2.75) is 58.2 Å².